The van der Waals surface area contributed by atoms with Gasteiger partial charge in [0.15, 0.2) is 0 Å². The number of likely N-dealkylation sites (tertiary alicyclic amines) is 1. The molecule has 0 aromatic carbocycles. The molecule has 0 saturated carbocycles. The number of hydrogen-bond donors (Lipinski definition) is 2. The van der Waals surface area contributed by atoms with E-state index in [2.05, 4.69) is 15.5 Å². The molecule has 0 unspecified atom stereocenters. The monoisotopic (exact) mass is 294 g/mol. The van der Waals surface area contributed by atoms with Crippen molar-refractivity contribution >= 4 is 6.09 Å². The van der Waals surface area contributed by atoms with Crippen molar-refractivity contribution in [3.8, 4) is 0 Å². The van der Waals surface area contributed by atoms with Crippen molar-refractivity contribution in [2.45, 2.75) is 58.7 Å². The summed E-state index contributed by atoms with van der Waals surface area (Å²) in [6.07, 6.45) is 3.57. The minimum absolute atomic E-state index is 0.202. The fraction of sp³-hybridized carbons (Fsp3) is 0.733. The summed E-state index contributed by atoms with van der Waals surface area (Å²) < 4.78 is 5.40. The van der Waals surface area contributed by atoms with E-state index in [9.17, 15) is 4.79 Å². The maximum atomic E-state index is 12.0. The van der Waals surface area contributed by atoms with Crippen molar-refractivity contribution in [3.05, 3.63) is 17.5 Å². The Labute approximate surface area is 126 Å². The highest BCUT2D eigenvalue weighted by atomic mass is 16.6. The SMILES string of the molecule is Cc1[nH]ncc1CNC1CCN(C(=O)OC(C)(C)C)CC1. The molecule has 0 bridgehead atoms. The van der Waals surface area contributed by atoms with Crippen LogP contribution in [0, 0.1) is 6.92 Å². The van der Waals surface area contributed by atoms with Gasteiger partial charge in [0.05, 0.1) is 6.20 Å². The van der Waals surface area contributed by atoms with Crippen molar-refractivity contribution in [1.82, 2.24) is 20.4 Å². The first-order chi connectivity index (χ1) is 9.85. The van der Waals surface area contributed by atoms with E-state index in [0.29, 0.717) is 6.04 Å². The predicted molar refractivity (Wildman–Crippen MR) is 81.0 cm³/mol. The van der Waals surface area contributed by atoms with Gasteiger partial charge in [-0.2, -0.15) is 5.10 Å². The average molecular weight is 294 g/mol. The van der Waals surface area contributed by atoms with Crippen molar-refractivity contribution in [2.24, 2.45) is 0 Å². The molecule has 1 amide bonds. The van der Waals surface area contributed by atoms with E-state index in [0.717, 1.165) is 38.2 Å². The van der Waals surface area contributed by atoms with Gasteiger partial charge in [-0.3, -0.25) is 5.10 Å². The van der Waals surface area contributed by atoms with Gasteiger partial charge in [0, 0.05) is 36.9 Å². The van der Waals surface area contributed by atoms with Crippen molar-refractivity contribution in [1.29, 1.82) is 0 Å². The van der Waals surface area contributed by atoms with Crippen molar-refractivity contribution in [3.63, 3.8) is 0 Å². The van der Waals surface area contributed by atoms with Gasteiger partial charge < -0.3 is 15.0 Å². The number of hydrogen-bond acceptors (Lipinski definition) is 4. The Bertz CT molecular complexity index is 470. The van der Waals surface area contributed by atoms with Gasteiger partial charge >= 0.3 is 6.09 Å². The fourth-order valence-electron chi connectivity index (χ4n) is 2.40. The van der Waals surface area contributed by atoms with Crippen LogP contribution >= 0.6 is 0 Å². The lowest BCUT2D eigenvalue weighted by atomic mass is 10.1. The number of aromatic amines is 1. The maximum absolute atomic E-state index is 12.0. The molecular formula is C15H26N4O2. The Morgan fingerprint density at radius 3 is 2.67 bits per heavy atom. The van der Waals surface area contributed by atoms with Crippen LogP contribution in [0.2, 0.25) is 0 Å². The topological polar surface area (TPSA) is 70.2 Å². The Balaban J connectivity index is 1.73. The zero-order chi connectivity index (χ0) is 15.5. The Kier molecular flexibility index (Phi) is 4.88. The smallest absolute Gasteiger partial charge is 0.410 e. The molecule has 1 aliphatic rings. The second-order valence-electron chi connectivity index (χ2n) is 6.64. The number of carbonyl (C=O) groups is 1. The molecule has 21 heavy (non-hydrogen) atoms. The zero-order valence-electron chi connectivity index (χ0n) is 13.4. The lowest BCUT2D eigenvalue weighted by Crippen LogP contribution is -2.46. The summed E-state index contributed by atoms with van der Waals surface area (Å²) >= 11 is 0. The van der Waals surface area contributed by atoms with Gasteiger partial charge in [0.1, 0.15) is 5.60 Å². The third-order valence-electron chi connectivity index (χ3n) is 3.66. The molecule has 0 aliphatic carbocycles. The van der Waals surface area contributed by atoms with Gasteiger partial charge in [-0.05, 0) is 40.5 Å². The molecule has 6 heteroatoms. The molecule has 2 rings (SSSR count). The van der Waals surface area contributed by atoms with Gasteiger partial charge in [0.25, 0.3) is 0 Å². The molecule has 1 aromatic rings. The first kappa shape index (κ1) is 15.8. The van der Waals surface area contributed by atoms with Crippen LogP contribution in [0.25, 0.3) is 0 Å². The van der Waals surface area contributed by atoms with Crippen molar-refractivity contribution < 1.29 is 9.53 Å². The highest BCUT2D eigenvalue weighted by Gasteiger charge is 2.26. The van der Waals surface area contributed by atoms with E-state index in [1.54, 1.807) is 4.90 Å². The van der Waals surface area contributed by atoms with Crippen LogP contribution in [0.1, 0.15) is 44.9 Å². The van der Waals surface area contributed by atoms with E-state index >= 15 is 0 Å². The number of rotatable bonds is 3. The normalized spacial score (nSPS) is 17.0. The number of ether oxygens (including phenoxy) is 1. The summed E-state index contributed by atoms with van der Waals surface area (Å²) in [5, 5.41) is 10.5. The quantitative estimate of drug-likeness (QED) is 0.896. The van der Waals surface area contributed by atoms with E-state index in [-0.39, 0.29) is 6.09 Å². The summed E-state index contributed by atoms with van der Waals surface area (Å²) in [7, 11) is 0. The van der Waals surface area contributed by atoms with Crippen LogP contribution in [0.4, 0.5) is 4.79 Å². The van der Waals surface area contributed by atoms with Crippen LogP contribution in [0.5, 0.6) is 0 Å². The summed E-state index contributed by atoms with van der Waals surface area (Å²) in [6, 6.07) is 0.443. The van der Waals surface area contributed by atoms with Crippen molar-refractivity contribution in [2.75, 3.05) is 13.1 Å². The molecular weight excluding hydrogens is 268 g/mol. The molecule has 2 N–H and O–H groups in total. The summed E-state index contributed by atoms with van der Waals surface area (Å²) in [5.74, 6) is 0. The van der Waals surface area contributed by atoms with E-state index in [4.69, 9.17) is 4.74 Å². The van der Waals surface area contributed by atoms with Crippen LogP contribution in [0.3, 0.4) is 0 Å². The average Bonchev–Trinajstić information content (AvgIpc) is 2.80. The lowest BCUT2D eigenvalue weighted by Gasteiger charge is -2.33. The number of H-pyrrole nitrogens is 1. The molecule has 1 aromatic heterocycles. The first-order valence-corrected chi connectivity index (χ1v) is 7.55. The highest BCUT2D eigenvalue weighted by Crippen LogP contribution is 2.16. The van der Waals surface area contributed by atoms with Gasteiger partial charge in [0.2, 0.25) is 0 Å². The van der Waals surface area contributed by atoms with Crippen LogP contribution in [-0.2, 0) is 11.3 Å². The molecule has 1 aliphatic heterocycles. The van der Waals surface area contributed by atoms with E-state index < -0.39 is 5.60 Å². The minimum atomic E-state index is -0.426. The number of piperidine rings is 1. The summed E-state index contributed by atoms with van der Waals surface area (Å²) in [4.78, 5) is 13.8. The first-order valence-electron chi connectivity index (χ1n) is 7.55. The number of nitrogens with zero attached hydrogens (tertiary/aromatic N) is 2. The second kappa shape index (κ2) is 6.47. The number of nitrogens with one attached hydrogen (secondary N) is 2. The molecule has 1 fully saturated rings. The summed E-state index contributed by atoms with van der Waals surface area (Å²) in [5.41, 5.74) is 1.88. The standard InChI is InChI=1S/C15H26N4O2/c1-11-12(10-17-18-11)9-16-13-5-7-19(8-6-13)14(20)21-15(2,3)4/h10,13,16H,5-9H2,1-4H3,(H,17,18). The molecule has 0 atom stereocenters. The highest BCUT2D eigenvalue weighted by molar-refractivity contribution is 5.68. The van der Waals surface area contributed by atoms with E-state index in [1.807, 2.05) is 33.9 Å². The number of carbonyl (C=O) groups excluding carboxylic acids is 1. The number of amides is 1. The summed E-state index contributed by atoms with van der Waals surface area (Å²) in [6.45, 7) is 10.0. The third kappa shape index (κ3) is 4.74. The minimum Gasteiger partial charge on any atom is -0.444 e. The molecule has 0 spiro atoms. The zero-order valence-corrected chi connectivity index (χ0v) is 13.4. The van der Waals surface area contributed by atoms with Gasteiger partial charge in [-0.25, -0.2) is 4.79 Å². The Morgan fingerprint density at radius 1 is 1.48 bits per heavy atom. The number of aryl methyl sites for hydroxylation is 1. The third-order valence-corrected chi connectivity index (χ3v) is 3.66. The second-order valence-corrected chi connectivity index (χ2v) is 6.64. The molecule has 118 valence electrons. The largest absolute Gasteiger partial charge is 0.444 e. The van der Waals surface area contributed by atoms with Crippen LogP contribution in [0.15, 0.2) is 6.20 Å². The predicted octanol–water partition coefficient (Wildman–Crippen LogP) is 2.21. The Morgan fingerprint density at radius 2 is 2.14 bits per heavy atom. The van der Waals surface area contributed by atoms with Crippen LogP contribution in [-0.4, -0.2) is 45.9 Å². The van der Waals surface area contributed by atoms with Gasteiger partial charge in [-0.1, -0.05) is 0 Å². The molecule has 6 nitrogen and oxygen atoms in total. The number of aromatic nitrogens is 2. The molecule has 1 saturated heterocycles. The fourth-order valence-corrected chi connectivity index (χ4v) is 2.40. The maximum Gasteiger partial charge on any atom is 0.410 e. The molecule has 2 heterocycles. The molecule has 0 radical (unpaired) electrons. The van der Waals surface area contributed by atoms with Crippen LogP contribution < -0.4 is 5.32 Å². The lowest BCUT2D eigenvalue weighted by molar-refractivity contribution is 0.0198. The Hall–Kier alpha value is -1.56. The van der Waals surface area contributed by atoms with Gasteiger partial charge in [-0.15, -0.1) is 0 Å². The van der Waals surface area contributed by atoms with E-state index in [1.165, 1.54) is 5.56 Å².